The maximum absolute atomic E-state index is 12.4. The number of carbonyl (C=O) groups excluding carboxylic acids is 2. The number of fused-ring (bicyclic) bond motifs is 1. The third kappa shape index (κ3) is 4.63. The molecule has 1 heterocycles. The zero-order chi connectivity index (χ0) is 21.0. The van der Waals surface area contributed by atoms with E-state index in [0.29, 0.717) is 23.4 Å². The number of hydrogen-bond acceptors (Lipinski definition) is 5. The van der Waals surface area contributed by atoms with Gasteiger partial charge in [-0.15, -0.1) is 0 Å². The minimum Gasteiger partial charge on any atom is -0.422 e. The van der Waals surface area contributed by atoms with Crippen LogP contribution in [-0.4, -0.2) is 18.4 Å². The number of primary amides is 1. The lowest BCUT2D eigenvalue weighted by Crippen LogP contribution is -2.28. The predicted octanol–water partition coefficient (Wildman–Crippen LogP) is 2.63. The largest absolute Gasteiger partial charge is 0.422 e. The van der Waals surface area contributed by atoms with Gasteiger partial charge in [-0.05, 0) is 42.7 Å². The van der Waals surface area contributed by atoms with E-state index in [9.17, 15) is 14.4 Å². The Morgan fingerprint density at radius 1 is 1.10 bits per heavy atom. The van der Waals surface area contributed by atoms with E-state index in [2.05, 4.69) is 10.6 Å². The van der Waals surface area contributed by atoms with Gasteiger partial charge < -0.3 is 20.8 Å². The molecule has 0 aliphatic heterocycles. The minimum atomic E-state index is -0.475. The van der Waals surface area contributed by atoms with Gasteiger partial charge in [0.25, 0.3) is 5.91 Å². The molecule has 0 aliphatic carbocycles. The predicted molar refractivity (Wildman–Crippen MR) is 112 cm³/mol. The lowest BCUT2D eigenvalue weighted by molar-refractivity contribution is -0.117. The average molecular weight is 393 g/mol. The van der Waals surface area contributed by atoms with E-state index in [4.69, 9.17) is 10.2 Å². The third-order valence-corrected chi connectivity index (χ3v) is 4.82. The van der Waals surface area contributed by atoms with Gasteiger partial charge in [-0.25, -0.2) is 4.79 Å². The van der Waals surface area contributed by atoms with Gasteiger partial charge in [0.05, 0.1) is 5.56 Å². The summed E-state index contributed by atoms with van der Waals surface area (Å²) >= 11 is 0. The van der Waals surface area contributed by atoms with Crippen molar-refractivity contribution in [1.29, 1.82) is 0 Å². The zero-order valence-electron chi connectivity index (χ0n) is 16.4. The first-order valence-electron chi connectivity index (χ1n) is 9.29. The zero-order valence-corrected chi connectivity index (χ0v) is 16.4. The number of anilines is 1. The third-order valence-electron chi connectivity index (χ3n) is 4.82. The Bertz CT molecular complexity index is 1130. The van der Waals surface area contributed by atoms with Crippen LogP contribution in [0.1, 0.15) is 33.5 Å². The minimum absolute atomic E-state index is 0.0753. The lowest BCUT2D eigenvalue weighted by atomic mass is 10.0. The van der Waals surface area contributed by atoms with Crippen LogP contribution in [0.5, 0.6) is 0 Å². The monoisotopic (exact) mass is 393 g/mol. The van der Waals surface area contributed by atoms with Crippen molar-refractivity contribution in [2.45, 2.75) is 26.8 Å². The summed E-state index contributed by atoms with van der Waals surface area (Å²) in [6.07, 6.45) is 0.0753. The van der Waals surface area contributed by atoms with Gasteiger partial charge >= 0.3 is 5.63 Å². The van der Waals surface area contributed by atoms with E-state index in [1.807, 2.05) is 32.0 Å². The van der Waals surface area contributed by atoms with Crippen molar-refractivity contribution in [3.05, 3.63) is 75.1 Å². The molecule has 0 fully saturated rings. The Labute approximate surface area is 167 Å². The summed E-state index contributed by atoms with van der Waals surface area (Å²) in [5, 5.41) is 6.76. The molecule has 29 heavy (non-hydrogen) atoms. The van der Waals surface area contributed by atoms with Crippen LogP contribution in [0, 0.1) is 13.8 Å². The van der Waals surface area contributed by atoms with Crippen LogP contribution in [0.4, 0.5) is 5.69 Å². The Morgan fingerprint density at radius 3 is 2.62 bits per heavy atom. The van der Waals surface area contributed by atoms with Gasteiger partial charge in [0, 0.05) is 36.7 Å². The van der Waals surface area contributed by atoms with Crippen LogP contribution in [0.15, 0.2) is 51.7 Å². The Kier molecular flexibility index (Phi) is 5.97. The average Bonchev–Trinajstić information content (AvgIpc) is 2.69. The van der Waals surface area contributed by atoms with E-state index in [1.54, 1.807) is 18.2 Å². The number of hydrogen-bond donors (Lipinski definition) is 3. The molecule has 0 saturated carbocycles. The molecule has 2 amide bonds. The highest BCUT2D eigenvalue weighted by atomic mass is 16.4. The molecule has 0 saturated heterocycles. The van der Waals surface area contributed by atoms with Gasteiger partial charge in [-0.3, -0.25) is 9.59 Å². The van der Waals surface area contributed by atoms with Crippen molar-refractivity contribution in [3.8, 4) is 0 Å². The first kappa shape index (κ1) is 20.1. The molecule has 3 aromatic rings. The molecule has 1 aromatic heterocycles. The van der Waals surface area contributed by atoms with Crippen molar-refractivity contribution in [3.63, 3.8) is 0 Å². The van der Waals surface area contributed by atoms with Gasteiger partial charge in [-0.1, -0.05) is 24.3 Å². The van der Waals surface area contributed by atoms with Crippen molar-refractivity contribution >= 4 is 28.5 Å². The van der Waals surface area contributed by atoms with Crippen molar-refractivity contribution in [1.82, 2.24) is 5.32 Å². The summed E-state index contributed by atoms with van der Waals surface area (Å²) in [6.45, 7) is 4.40. The van der Waals surface area contributed by atoms with Gasteiger partial charge in [0.15, 0.2) is 0 Å². The highest BCUT2D eigenvalue weighted by molar-refractivity contribution is 5.99. The van der Waals surface area contributed by atoms with Crippen LogP contribution in [0.3, 0.4) is 0 Å². The summed E-state index contributed by atoms with van der Waals surface area (Å²) in [7, 11) is 0. The van der Waals surface area contributed by atoms with E-state index in [-0.39, 0.29) is 18.9 Å². The summed E-state index contributed by atoms with van der Waals surface area (Å²) in [5.74, 6) is -0.782. The number of carbonyl (C=O) groups is 2. The topological polar surface area (TPSA) is 114 Å². The summed E-state index contributed by atoms with van der Waals surface area (Å²) in [5.41, 5.74) is 9.07. The van der Waals surface area contributed by atoms with Crippen molar-refractivity contribution in [2.75, 3.05) is 11.9 Å². The summed E-state index contributed by atoms with van der Waals surface area (Å²) in [4.78, 5) is 35.3. The number of rotatable bonds is 7. The number of nitrogens with two attached hydrogens (primary N) is 1. The Balaban J connectivity index is 1.84. The molecule has 0 bridgehead atoms. The Morgan fingerprint density at radius 2 is 1.86 bits per heavy atom. The van der Waals surface area contributed by atoms with Crippen LogP contribution in [-0.2, 0) is 11.3 Å². The van der Waals surface area contributed by atoms with Gasteiger partial charge in [0.2, 0.25) is 5.91 Å². The van der Waals surface area contributed by atoms with Crippen LogP contribution >= 0.6 is 0 Å². The van der Waals surface area contributed by atoms with Crippen LogP contribution < -0.4 is 22.0 Å². The maximum atomic E-state index is 12.4. The molecule has 0 atom stereocenters. The highest BCUT2D eigenvalue weighted by Gasteiger charge is 2.13. The first-order chi connectivity index (χ1) is 13.9. The summed E-state index contributed by atoms with van der Waals surface area (Å²) < 4.78 is 5.41. The highest BCUT2D eigenvalue weighted by Crippen LogP contribution is 2.24. The molecule has 0 radical (unpaired) electrons. The summed E-state index contributed by atoms with van der Waals surface area (Å²) in [6, 6.07) is 12.4. The fraction of sp³-hybridized carbons (Fsp3) is 0.227. The molecule has 2 aromatic carbocycles. The standard InChI is InChI=1S/C22H23N3O4/c1-13-7-8-16-15(11-20(27)29-21(16)14(13)2)12-25-18-6-4-3-5-17(18)22(28)24-10-9-19(23)26/h3-8,11,25H,9-10,12H2,1-2H3,(H2,23,26)(H,24,28). The molecule has 0 aliphatic rings. The van der Waals surface area contributed by atoms with Crippen molar-refractivity contribution < 1.29 is 14.0 Å². The van der Waals surface area contributed by atoms with E-state index in [1.165, 1.54) is 6.07 Å². The molecule has 0 unspecified atom stereocenters. The Hall–Kier alpha value is -3.61. The number of benzene rings is 2. The molecule has 7 heteroatoms. The molecule has 7 nitrogen and oxygen atoms in total. The second-order valence-electron chi connectivity index (χ2n) is 6.85. The van der Waals surface area contributed by atoms with E-state index < -0.39 is 11.5 Å². The molecular weight excluding hydrogens is 370 g/mol. The molecule has 0 spiro atoms. The fourth-order valence-electron chi connectivity index (χ4n) is 3.09. The van der Waals surface area contributed by atoms with Crippen LogP contribution in [0.2, 0.25) is 0 Å². The molecule has 4 N–H and O–H groups in total. The van der Waals surface area contributed by atoms with Gasteiger partial charge in [0.1, 0.15) is 5.58 Å². The second-order valence-corrected chi connectivity index (χ2v) is 6.85. The second kappa shape index (κ2) is 8.60. The normalized spacial score (nSPS) is 10.7. The smallest absolute Gasteiger partial charge is 0.336 e. The van der Waals surface area contributed by atoms with E-state index >= 15 is 0 Å². The lowest BCUT2D eigenvalue weighted by Gasteiger charge is -2.14. The number of aryl methyl sites for hydroxylation is 2. The number of para-hydroxylation sites is 1. The maximum Gasteiger partial charge on any atom is 0.336 e. The van der Waals surface area contributed by atoms with Crippen molar-refractivity contribution in [2.24, 2.45) is 5.73 Å². The SMILES string of the molecule is Cc1ccc2c(CNc3ccccc3C(=O)NCCC(N)=O)cc(=O)oc2c1C. The molecule has 150 valence electrons. The number of nitrogens with one attached hydrogen (secondary N) is 2. The quantitative estimate of drug-likeness (QED) is 0.534. The van der Waals surface area contributed by atoms with Crippen LogP contribution in [0.25, 0.3) is 11.0 Å². The fourth-order valence-corrected chi connectivity index (χ4v) is 3.09. The molecule has 3 rings (SSSR count). The van der Waals surface area contributed by atoms with E-state index in [0.717, 1.165) is 22.1 Å². The number of amides is 2. The molecular formula is C22H23N3O4. The first-order valence-corrected chi connectivity index (χ1v) is 9.29. The van der Waals surface area contributed by atoms with Gasteiger partial charge in [-0.2, -0.15) is 0 Å².